The number of aryl methyl sites for hydroxylation is 1. The van der Waals surface area contributed by atoms with E-state index in [1.807, 2.05) is 55.5 Å². The van der Waals surface area contributed by atoms with Gasteiger partial charge in [-0.3, -0.25) is 4.79 Å². The highest BCUT2D eigenvalue weighted by Crippen LogP contribution is 2.37. The summed E-state index contributed by atoms with van der Waals surface area (Å²) in [6.45, 7) is 5.75. The van der Waals surface area contributed by atoms with Gasteiger partial charge < -0.3 is 15.4 Å². The monoisotopic (exact) mass is 495 g/mol. The summed E-state index contributed by atoms with van der Waals surface area (Å²) in [5, 5.41) is 14.3. The van der Waals surface area contributed by atoms with Crippen molar-refractivity contribution in [3.05, 3.63) is 81.1 Å². The molecule has 0 aliphatic carbocycles. The van der Waals surface area contributed by atoms with Crippen LogP contribution in [0.25, 0.3) is 0 Å². The van der Waals surface area contributed by atoms with Gasteiger partial charge in [0.15, 0.2) is 11.5 Å². The highest BCUT2D eigenvalue weighted by Gasteiger charge is 2.36. The number of nitrogens with zero attached hydrogens (tertiary/aromatic N) is 3. The minimum atomic E-state index is -0.591. The molecule has 2 heterocycles. The van der Waals surface area contributed by atoms with Crippen molar-refractivity contribution >= 4 is 39.3 Å². The first-order valence-electron chi connectivity index (χ1n) is 10.1. The first-order valence-corrected chi connectivity index (χ1v) is 10.9. The summed E-state index contributed by atoms with van der Waals surface area (Å²) >= 11 is 3.44. The fraction of sp³-hybridized carbons (Fsp3) is 0.217. The van der Waals surface area contributed by atoms with Gasteiger partial charge in [0.1, 0.15) is 6.04 Å². The second-order valence-electron chi connectivity index (χ2n) is 7.39. The van der Waals surface area contributed by atoms with Crippen molar-refractivity contribution in [3.8, 4) is 0 Å². The van der Waals surface area contributed by atoms with Crippen LogP contribution in [0.3, 0.4) is 0 Å². The molecule has 9 heteroatoms. The van der Waals surface area contributed by atoms with Crippen molar-refractivity contribution in [3.63, 3.8) is 0 Å². The number of esters is 1. The Morgan fingerprint density at radius 2 is 1.81 bits per heavy atom. The molecule has 8 nitrogen and oxygen atoms in total. The lowest BCUT2D eigenvalue weighted by Crippen LogP contribution is -2.30. The lowest BCUT2D eigenvalue weighted by Gasteiger charge is -2.28. The molecule has 1 atom stereocenters. The number of rotatable bonds is 5. The molecule has 2 aromatic carbocycles. The molecule has 3 aromatic rings. The number of halogens is 1. The van der Waals surface area contributed by atoms with Gasteiger partial charge in [-0.15, -0.1) is 5.10 Å². The molecule has 1 aromatic heterocycles. The van der Waals surface area contributed by atoms with Crippen molar-refractivity contribution in [2.45, 2.75) is 26.8 Å². The third-order valence-electron chi connectivity index (χ3n) is 5.13. The number of anilines is 2. The van der Waals surface area contributed by atoms with Gasteiger partial charge in [-0.05, 0) is 50.6 Å². The van der Waals surface area contributed by atoms with Crippen LogP contribution < -0.4 is 10.6 Å². The van der Waals surface area contributed by atoms with Crippen LogP contribution in [-0.4, -0.2) is 33.5 Å². The van der Waals surface area contributed by atoms with E-state index in [2.05, 4.69) is 36.9 Å². The third-order valence-corrected chi connectivity index (χ3v) is 5.66. The maximum absolute atomic E-state index is 13.0. The van der Waals surface area contributed by atoms with Crippen molar-refractivity contribution in [2.24, 2.45) is 0 Å². The predicted octanol–water partition coefficient (Wildman–Crippen LogP) is 4.45. The normalized spacial score (nSPS) is 15.1. The van der Waals surface area contributed by atoms with Gasteiger partial charge in [0.2, 0.25) is 0 Å². The number of amides is 1. The van der Waals surface area contributed by atoms with Crippen molar-refractivity contribution < 1.29 is 14.3 Å². The number of fused-ring (bicyclic) bond motifs is 1. The van der Waals surface area contributed by atoms with Gasteiger partial charge in [0.25, 0.3) is 5.91 Å². The van der Waals surface area contributed by atoms with Gasteiger partial charge in [-0.25, -0.2) is 9.48 Å². The Balaban J connectivity index is 1.75. The SMILES string of the molecule is CCOC(=O)C1=C(C)Nc2c(C(=O)Nc3ccc(C)cc3)nnn2C1c1ccc(Br)cc1. The molecule has 2 N–H and O–H groups in total. The highest BCUT2D eigenvalue weighted by atomic mass is 79.9. The first-order chi connectivity index (χ1) is 15.4. The van der Waals surface area contributed by atoms with Crippen LogP contribution in [0.1, 0.15) is 41.5 Å². The van der Waals surface area contributed by atoms with Gasteiger partial charge in [0, 0.05) is 15.9 Å². The van der Waals surface area contributed by atoms with E-state index in [4.69, 9.17) is 4.74 Å². The van der Waals surface area contributed by atoms with E-state index >= 15 is 0 Å². The molecule has 0 spiro atoms. The van der Waals surface area contributed by atoms with Crippen molar-refractivity contribution in [2.75, 3.05) is 17.2 Å². The average Bonchev–Trinajstić information content (AvgIpc) is 3.18. The Bertz CT molecular complexity index is 1200. The van der Waals surface area contributed by atoms with Gasteiger partial charge >= 0.3 is 5.97 Å². The Kier molecular flexibility index (Phi) is 6.09. The molecule has 0 radical (unpaired) electrons. The van der Waals surface area contributed by atoms with E-state index < -0.39 is 17.9 Å². The van der Waals surface area contributed by atoms with Crippen LogP contribution in [0.5, 0.6) is 0 Å². The zero-order valence-corrected chi connectivity index (χ0v) is 19.4. The topological polar surface area (TPSA) is 98.1 Å². The maximum Gasteiger partial charge on any atom is 0.338 e. The zero-order valence-electron chi connectivity index (χ0n) is 17.8. The predicted molar refractivity (Wildman–Crippen MR) is 124 cm³/mol. The molecular weight excluding hydrogens is 474 g/mol. The quantitative estimate of drug-likeness (QED) is 0.507. The number of benzene rings is 2. The number of nitrogens with one attached hydrogen (secondary N) is 2. The van der Waals surface area contributed by atoms with E-state index in [1.54, 1.807) is 18.5 Å². The van der Waals surface area contributed by atoms with E-state index in [9.17, 15) is 9.59 Å². The Hall–Kier alpha value is -3.46. The van der Waals surface area contributed by atoms with E-state index in [1.165, 1.54) is 0 Å². The molecule has 164 valence electrons. The van der Waals surface area contributed by atoms with Crippen LogP contribution in [0.15, 0.2) is 64.3 Å². The second-order valence-corrected chi connectivity index (χ2v) is 8.31. The van der Waals surface area contributed by atoms with Crippen molar-refractivity contribution in [1.82, 2.24) is 15.0 Å². The van der Waals surface area contributed by atoms with Crippen LogP contribution >= 0.6 is 15.9 Å². The molecule has 1 unspecified atom stereocenters. The van der Waals surface area contributed by atoms with E-state index in [0.29, 0.717) is 22.8 Å². The number of allylic oxidation sites excluding steroid dienone is 1. The summed E-state index contributed by atoms with van der Waals surface area (Å²) in [5.74, 6) is -0.435. The molecule has 0 fully saturated rings. The summed E-state index contributed by atoms with van der Waals surface area (Å²) in [6, 6.07) is 14.4. The van der Waals surface area contributed by atoms with Gasteiger partial charge in [-0.2, -0.15) is 0 Å². The lowest BCUT2D eigenvalue weighted by atomic mass is 9.95. The summed E-state index contributed by atoms with van der Waals surface area (Å²) in [6.07, 6.45) is 0. The van der Waals surface area contributed by atoms with Crippen molar-refractivity contribution in [1.29, 1.82) is 0 Å². The number of aromatic nitrogens is 3. The number of hydrogen-bond donors (Lipinski definition) is 2. The lowest BCUT2D eigenvalue weighted by molar-refractivity contribution is -0.139. The Morgan fingerprint density at radius 3 is 2.47 bits per heavy atom. The summed E-state index contributed by atoms with van der Waals surface area (Å²) in [4.78, 5) is 25.8. The standard InChI is InChI=1S/C23H22BrN5O3/c1-4-32-23(31)18-14(3)25-21-19(22(30)26-17-11-5-13(2)6-12-17)27-28-29(21)20(18)15-7-9-16(24)10-8-15/h5-12,20,25H,4H2,1-3H3,(H,26,30). The summed E-state index contributed by atoms with van der Waals surface area (Å²) < 4.78 is 7.75. The summed E-state index contributed by atoms with van der Waals surface area (Å²) in [7, 11) is 0. The number of ether oxygens (including phenoxy) is 1. The number of hydrogen-bond acceptors (Lipinski definition) is 6. The molecule has 0 saturated heterocycles. The molecule has 1 aliphatic heterocycles. The first kappa shape index (κ1) is 21.8. The second kappa shape index (κ2) is 8.96. The minimum absolute atomic E-state index is 0.134. The molecule has 32 heavy (non-hydrogen) atoms. The maximum atomic E-state index is 13.0. The van der Waals surface area contributed by atoms with E-state index in [-0.39, 0.29) is 12.3 Å². The van der Waals surface area contributed by atoms with Crippen LogP contribution in [0.4, 0.5) is 11.5 Å². The van der Waals surface area contributed by atoms with Crippen LogP contribution in [0.2, 0.25) is 0 Å². The smallest absolute Gasteiger partial charge is 0.338 e. The largest absolute Gasteiger partial charge is 0.463 e. The minimum Gasteiger partial charge on any atom is -0.463 e. The fourth-order valence-electron chi connectivity index (χ4n) is 3.57. The highest BCUT2D eigenvalue weighted by molar-refractivity contribution is 9.10. The Morgan fingerprint density at radius 1 is 1.12 bits per heavy atom. The Labute approximate surface area is 193 Å². The molecule has 4 rings (SSSR count). The van der Waals surface area contributed by atoms with Gasteiger partial charge in [-0.1, -0.05) is 51.0 Å². The molecule has 0 bridgehead atoms. The molecular formula is C23H22BrN5O3. The zero-order chi connectivity index (χ0) is 22.8. The van der Waals surface area contributed by atoms with Gasteiger partial charge in [0.05, 0.1) is 12.2 Å². The number of carbonyl (C=O) groups is 2. The molecule has 1 amide bonds. The summed E-state index contributed by atoms with van der Waals surface area (Å²) in [5.41, 5.74) is 3.69. The third kappa shape index (κ3) is 4.16. The average molecular weight is 496 g/mol. The fourth-order valence-corrected chi connectivity index (χ4v) is 3.83. The van der Waals surface area contributed by atoms with E-state index in [0.717, 1.165) is 15.6 Å². The number of carbonyl (C=O) groups excluding carboxylic acids is 2. The van der Waals surface area contributed by atoms with Crippen LogP contribution in [-0.2, 0) is 9.53 Å². The van der Waals surface area contributed by atoms with Crippen LogP contribution in [0, 0.1) is 6.92 Å². The molecule has 1 aliphatic rings. The molecule has 0 saturated carbocycles.